The maximum Gasteiger partial charge on any atom is 0.139 e. The maximum absolute atomic E-state index is 10.4. The first-order valence-electron chi connectivity index (χ1n) is 5.24. The Morgan fingerprint density at radius 1 is 0.938 bits per heavy atom. The van der Waals surface area contributed by atoms with Crippen LogP contribution in [0.2, 0.25) is 0 Å². The van der Waals surface area contributed by atoms with Crippen molar-refractivity contribution in [3.05, 3.63) is 0 Å². The zero-order chi connectivity index (χ0) is 13.3. The van der Waals surface area contributed by atoms with Crippen LogP contribution in [0.25, 0.3) is 0 Å². The van der Waals surface area contributed by atoms with E-state index in [4.69, 9.17) is 0 Å². The summed E-state index contributed by atoms with van der Waals surface area (Å²) in [5, 5.41) is 0. The topological polar surface area (TPSA) is 68.3 Å². The van der Waals surface area contributed by atoms with E-state index in [1.807, 2.05) is 0 Å². The van der Waals surface area contributed by atoms with E-state index in [9.17, 15) is 19.2 Å². The first-order chi connectivity index (χ1) is 7.22. The fourth-order valence-corrected chi connectivity index (χ4v) is 0.689. The van der Waals surface area contributed by atoms with Crippen molar-refractivity contribution in [2.75, 3.05) is 0 Å². The van der Waals surface area contributed by atoms with Crippen molar-refractivity contribution in [1.82, 2.24) is 0 Å². The summed E-state index contributed by atoms with van der Waals surface area (Å²) in [5.41, 5.74) is 0. The maximum atomic E-state index is 10.4. The summed E-state index contributed by atoms with van der Waals surface area (Å²) in [4.78, 5) is 41.3. The van der Waals surface area contributed by atoms with Crippen LogP contribution in [0.3, 0.4) is 0 Å². The Labute approximate surface area is 96.4 Å². The Bertz CT molecular complexity index is 262. The molecule has 92 valence electrons. The Hall–Kier alpha value is -1.32. The molecule has 16 heavy (non-hydrogen) atoms. The van der Waals surface area contributed by atoms with Gasteiger partial charge in [0.05, 0.1) is 12.3 Å². The highest BCUT2D eigenvalue weighted by molar-refractivity contribution is 5.99. The lowest BCUT2D eigenvalue weighted by molar-refractivity contribution is -0.130. The summed E-state index contributed by atoms with van der Waals surface area (Å²) in [6, 6.07) is 0. The van der Waals surface area contributed by atoms with Crippen molar-refractivity contribution in [3.8, 4) is 0 Å². The molecule has 0 saturated heterocycles. The fourth-order valence-electron chi connectivity index (χ4n) is 0.689. The summed E-state index contributed by atoms with van der Waals surface area (Å²) in [5.74, 6) is -0.542. The largest absolute Gasteiger partial charge is 0.300 e. The average molecular weight is 228 g/mol. The predicted molar refractivity (Wildman–Crippen MR) is 61.1 cm³/mol. The quantitative estimate of drug-likeness (QED) is 0.672. The van der Waals surface area contributed by atoms with Crippen LogP contribution in [0.1, 0.15) is 47.5 Å². The van der Waals surface area contributed by atoms with E-state index in [-0.39, 0.29) is 29.6 Å². The lowest BCUT2D eigenvalue weighted by Crippen LogP contribution is -2.14. The van der Waals surface area contributed by atoms with E-state index in [0.29, 0.717) is 6.42 Å². The second-order valence-electron chi connectivity index (χ2n) is 3.71. The summed E-state index contributed by atoms with van der Waals surface area (Å²) >= 11 is 0. The molecule has 0 heterocycles. The molecular weight excluding hydrogens is 208 g/mol. The molecule has 0 rings (SSSR count). The van der Waals surface area contributed by atoms with Gasteiger partial charge in [0.25, 0.3) is 0 Å². The number of carbonyl (C=O) groups is 4. The van der Waals surface area contributed by atoms with E-state index in [2.05, 4.69) is 0 Å². The van der Waals surface area contributed by atoms with E-state index in [0.717, 1.165) is 0 Å². The molecule has 4 nitrogen and oxygen atoms in total. The molecule has 0 aromatic heterocycles. The minimum Gasteiger partial charge on any atom is -0.300 e. The third-order valence-corrected chi connectivity index (χ3v) is 2.06. The van der Waals surface area contributed by atoms with Gasteiger partial charge < -0.3 is 0 Å². The monoisotopic (exact) mass is 228 g/mol. The van der Waals surface area contributed by atoms with Crippen LogP contribution in [0.4, 0.5) is 0 Å². The van der Waals surface area contributed by atoms with Gasteiger partial charge in [0.2, 0.25) is 0 Å². The van der Waals surface area contributed by atoms with Crippen molar-refractivity contribution in [1.29, 1.82) is 0 Å². The molecular formula is C12H20O4. The average Bonchev–Trinajstić information content (AvgIpc) is 2.16. The zero-order valence-electron chi connectivity index (χ0n) is 10.6. The molecule has 0 aromatic carbocycles. The number of carbonyl (C=O) groups excluding carboxylic acids is 4. The molecule has 0 saturated carbocycles. The molecule has 0 aliphatic heterocycles. The van der Waals surface area contributed by atoms with Gasteiger partial charge in [0.15, 0.2) is 0 Å². The number of ketones is 4. The lowest BCUT2D eigenvalue weighted by Gasteiger charge is -1.97. The molecule has 0 aliphatic carbocycles. The third kappa shape index (κ3) is 10.8. The number of Topliss-reactive ketones (excluding diaryl/α,β-unsaturated/α-hetero) is 4. The van der Waals surface area contributed by atoms with Gasteiger partial charge >= 0.3 is 0 Å². The molecule has 0 spiro atoms. The zero-order valence-corrected chi connectivity index (χ0v) is 10.6. The Kier molecular flexibility index (Phi) is 9.55. The Balaban J connectivity index is 0. The van der Waals surface area contributed by atoms with Crippen molar-refractivity contribution < 1.29 is 19.2 Å². The van der Waals surface area contributed by atoms with Gasteiger partial charge in [-0.3, -0.25) is 19.2 Å². The first-order valence-corrected chi connectivity index (χ1v) is 5.24. The molecule has 0 bridgehead atoms. The van der Waals surface area contributed by atoms with Gasteiger partial charge in [-0.2, -0.15) is 0 Å². The molecule has 0 aromatic rings. The van der Waals surface area contributed by atoms with Gasteiger partial charge in [-0.15, -0.1) is 0 Å². The molecule has 0 atom stereocenters. The SMILES string of the molecule is CC(=O)C(C)C(C)=O.CCC(=O)CC(C)=O. The number of hydrogen-bond acceptors (Lipinski definition) is 4. The van der Waals surface area contributed by atoms with Crippen LogP contribution >= 0.6 is 0 Å². The smallest absolute Gasteiger partial charge is 0.139 e. The highest BCUT2D eigenvalue weighted by Crippen LogP contribution is 1.95. The molecule has 0 amide bonds. The highest BCUT2D eigenvalue weighted by Gasteiger charge is 2.11. The van der Waals surface area contributed by atoms with Crippen LogP contribution in [0.15, 0.2) is 0 Å². The minimum atomic E-state index is -0.407. The van der Waals surface area contributed by atoms with Gasteiger partial charge in [0, 0.05) is 6.42 Å². The van der Waals surface area contributed by atoms with Crippen LogP contribution < -0.4 is 0 Å². The van der Waals surface area contributed by atoms with E-state index >= 15 is 0 Å². The van der Waals surface area contributed by atoms with E-state index in [1.54, 1.807) is 13.8 Å². The van der Waals surface area contributed by atoms with Crippen LogP contribution in [-0.4, -0.2) is 23.1 Å². The van der Waals surface area contributed by atoms with Crippen molar-refractivity contribution in [2.45, 2.75) is 47.5 Å². The summed E-state index contributed by atoms with van der Waals surface area (Å²) < 4.78 is 0. The summed E-state index contributed by atoms with van der Waals surface area (Å²) in [7, 11) is 0. The number of rotatable bonds is 5. The Morgan fingerprint density at radius 3 is 1.38 bits per heavy atom. The Morgan fingerprint density at radius 2 is 1.31 bits per heavy atom. The lowest BCUT2D eigenvalue weighted by atomic mass is 10.0. The van der Waals surface area contributed by atoms with Crippen LogP contribution in [0, 0.1) is 5.92 Å². The van der Waals surface area contributed by atoms with Gasteiger partial charge in [0.1, 0.15) is 23.1 Å². The van der Waals surface area contributed by atoms with E-state index < -0.39 is 5.92 Å². The third-order valence-electron chi connectivity index (χ3n) is 2.06. The second-order valence-corrected chi connectivity index (χ2v) is 3.71. The molecule has 4 heteroatoms. The van der Waals surface area contributed by atoms with Crippen molar-refractivity contribution in [2.24, 2.45) is 5.92 Å². The first kappa shape index (κ1) is 17.1. The summed E-state index contributed by atoms with van der Waals surface area (Å²) in [6.45, 7) is 7.64. The molecule has 0 fully saturated rings. The molecule has 0 unspecified atom stereocenters. The van der Waals surface area contributed by atoms with Crippen molar-refractivity contribution >= 4 is 23.1 Å². The predicted octanol–water partition coefficient (Wildman–Crippen LogP) is 1.75. The normalized spacial score (nSPS) is 9.12. The van der Waals surface area contributed by atoms with Crippen LogP contribution in [0.5, 0.6) is 0 Å². The molecule has 0 aliphatic rings. The summed E-state index contributed by atoms with van der Waals surface area (Å²) in [6.07, 6.45) is 0.579. The van der Waals surface area contributed by atoms with Gasteiger partial charge in [-0.05, 0) is 27.7 Å². The minimum absolute atomic E-state index is 0.0255. The van der Waals surface area contributed by atoms with Crippen molar-refractivity contribution in [3.63, 3.8) is 0 Å². The van der Waals surface area contributed by atoms with Gasteiger partial charge in [-0.25, -0.2) is 0 Å². The number of hydrogen-bond donors (Lipinski definition) is 0. The second kappa shape index (κ2) is 8.95. The highest BCUT2D eigenvalue weighted by atomic mass is 16.2. The van der Waals surface area contributed by atoms with E-state index in [1.165, 1.54) is 20.8 Å². The molecule has 0 N–H and O–H groups in total. The molecule has 0 radical (unpaired) electrons. The standard InChI is InChI=1S/2C6H10O2/c1-4(5(2)7)6(3)8;1-3-6(8)4-5(2)7/h4H,1-3H3;3-4H2,1-2H3. The van der Waals surface area contributed by atoms with Gasteiger partial charge in [-0.1, -0.05) is 6.92 Å². The van der Waals surface area contributed by atoms with Crippen LogP contribution in [-0.2, 0) is 19.2 Å². The fraction of sp³-hybridized carbons (Fsp3) is 0.667.